The van der Waals surface area contributed by atoms with Crippen LogP contribution in [0.2, 0.25) is 0 Å². The van der Waals surface area contributed by atoms with Crippen LogP contribution in [0.3, 0.4) is 0 Å². The zero-order valence-electron chi connectivity index (χ0n) is 6.99. The molecule has 0 fully saturated rings. The Morgan fingerprint density at radius 1 is 1.54 bits per heavy atom. The first-order chi connectivity index (χ1) is 6.18. The fraction of sp³-hybridized carbons (Fsp3) is 0.111. The Balaban J connectivity index is 2.79. The van der Waals surface area contributed by atoms with Gasteiger partial charge in [0, 0.05) is 16.7 Å². The number of pyridine rings is 1. The second-order valence-electron chi connectivity index (χ2n) is 2.78. The minimum absolute atomic E-state index is 0.0366. The average molecular weight is 286 g/mol. The fourth-order valence-electron chi connectivity index (χ4n) is 1.22. The molecule has 0 amide bonds. The fourth-order valence-corrected chi connectivity index (χ4v) is 1.67. The molecule has 0 aliphatic rings. The van der Waals surface area contributed by atoms with Crippen LogP contribution in [0.4, 0.5) is 0 Å². The quantitative estimate of drug-likeness (QED) is 0.594. The minimum atomic E-state index is 0.0366. The Labute approximate surface area is 88.9 Å². The van der Waals surface area contributed by atoms with Crippen molar-refractivity contribution in [2.45, 2.75) is 6.92 Å². The van der Waals surface area contributed by atoms with Crippen LogP contribution in [0, 0.1) is 3.57 Å². The molecule has 0 aliphatic heterocycles. The summed E-state index contributed by atoms with van der Waals surface area (Å²) in [7, 11) is 0. The van der Waals surface area contributed by atoms with Crippen LogP contribution < -0.4 is 0 Å². The second-order valence-corrected chi connectivity index (χ2v) is 4.02. The van der Waals surface area contributed by atoms with Gasteiger partial charge in [-0.05, 0) is 34.7 Å². The highest BCUT2D eigenvalue weighted by Gasteiger charge is 2.06. The Morgan fingerprint density at radius 3 is 3.00 bits per heavy atom. The first kappa shape index (κ1) is 8.68. The molecule has 2 rings (SSSR count). The second kappa shape index (κ2) is 3.10. The molecule has 0 aliphatic carbocycles. The van der Waals surface area contributed by atoms with Gasteiger partial charge in [0.25, 0.3) is 0 Å². The van der Waals surface area contributed by atoms with Gasteiger partial charge < -0.3 is 0 Å². The van der Waals surface area contributed by atoms with Gasteiger partial charge in [0.1, 0.15) is 11.3 Å². The molecular weight excluding hydrogens is 279 g/mol. The Kier molecular flexibility index (Phi) is 2.07. The van der Waals surface area contributed by atoms with E-state index in [9.17, 15) is 4.79 Å². The largest absolute Gasteiger partial charge is 0.296 e. The monoisotopic (exact) mass is 286 g/mol. The number of carbonyl (C=O) groups is 1. The average Bonchev–Trinajstić information content (AvgIpc) is 2.46. The molecule has 0 spiro atoms. The highest BCUT2D eigenvalue weighted by Crippen LogP contribution is 2.10. The highest BCUT2D eigenvalue weighted by molar-refractivity contribution is 14.1. The minimum Gasteiger partial charge on any atom is -0.296 e. The summed E-state index contributed by atoms with van der Waals surface area (Å²) < 4.78 is 2.90. The van der Waals surface area contributed by atoms with Gasteiger partial charge in [-0.25, -0.2) is 4.98 Å². The van der Waals surface area contributed by atoms with Crippen molar-refractivity contribution in [1.29, 1.82) is 0 Å². The third-order valence-corrected chi connectivity index (χ3v) is 2.47. The smallest absolute Gasteiger partial charge is 0.178 e. The number of fused-ring (bicyclic) bond motifs is 1. The number of aromatic nitrogens is 2. The van der Waals surface area contributed by atoms with E-state index in [1.807, 2.05) is 22.7 Å². The SMILES string of the molecule is CC(=O)c1cnc2ccc(I)cn12. The number of rotatable bonds is 1. The molecular formula is C9H7IN2O. The molecule has 0 saturated carbocycles. The maximum Gasteiger partial charge on any atom is 0.178 e. The maximum atomic E-state index is 11.2. The van der Waals surface area contributed by atoms with Crippen LogP contribution in [0.1, 0.15) is 17.4 Å². The summed E-state index contributed by atoms with van der Waals surface area (Å²) in [4.78, 5) is 15.3. The van der Waals surface area contributed by atoms with Gasteiger partial charge in [0.05, 0.1) is 6.20 Å². The lowest BCUT2D eigenvalue weighted by Gasteiger charge is -1.97. The predicted octanol–water partition coefficient (Wildman–Crippen LogP) is 2.14. The zero-order chi connectivity index (χ0) is 9.42. The zero-order valence-corrected chi connectivity index (χ0v) is 9.15. The Hall–Kier alpha value is -0.910. The lowest BCUT2D eigenvalue weighted by atomic mass is 10.3. The van der Waals surface area contributed by atoms with Gasteiger partial charge in [0.15, 0.2) is 5.78 Å². The molecule has 0 atom stereocenters. The van der Waals surface area contributed by atoms with E-state index in [0.29, 0.717) is 5.69 Å². The van der Waals surface area contributed by atoms with Crippen LogP contribution in [0.15, 0.2) is 24.5 Å². The van der Waals surface area contributed by atoms with Crippen LogP contribution in [-0.4, -0.2) is 15.2 Å². The topological polar surface area (TPSA) is 34.4 Å². The standard InChI is InChI=1S/C9H7IN2O/c1-6(13)8-4-11-9-3-2-7(10)5-12(8)9/h2-5H,1H3. The molecule has 0 N–H and O–H groups in total. The van der Waals surface area contributed by atoms with Crippen molar-refractivity contribution in [2.75, 3.05) is 0 Å². The molecule has 0 saturated heterocycles. The van der Waals surface area contributed by atoms with Gasteiger partial charge in [-0.3, -0.25) is 9.20 Å². The van der Waals surface area contributed by atoms with Gasteiger partial charge in [-0.1, -0.05) is 0 Å². The first-order valence-corrected chi connectivity index (χ1v) is 4.90. The van der Waals surface area contributed by atoms with Crippen molar-refractivity contribution in [3.63, 3.8) is 0 Å². The number of Topliss-reactive ketones (excluding diaryl/α,β-unsaturated/α-hetero) is 1. The van der Waals surface area contributed by atoms with E-state index in [1.54, 1.807) is 13.1 Å². The van der Waals surface area contributed by atoms with Crippen molar-refractivity contribution >= 4 is 34.0 Å². The molecule has 3 nitrogen and oxygen atoms in total. The van der Waals surface area contributed by atoms with Crippen molar-refractivity contribution in [2.24, 2.45) is 0 Å². The highest BCUT2D eigenvalue weighted by atomic mass is 127. The molecule has 0 aromatic carbocycles. The number of carbonyl (C=O) groups excluding carboxylic acids is 1. The molecule has 2 aromatic rings. The van der Waals surface area contributed by atoms with E-state index in [-0.39, 0.29) is 5.78 Å². The normalized spacial score (nSPS) is 10.6. The lowest BCUT2D eigenvalue weighted by Crippen LogP contribution is -1.98. The van der Waals surface area contributed by atoms with E-state index in [0.717, 1.165) is 9.22 Å². The van der Waals surface area contributed by atoms with Gasteiger partial charge >= 0.3 is 0 Å². The first-order valence-electron chi connectivity index (χ1n) is 3.82. The van der Waals surface area contributed by atoms with Gasteiger partial charge in [-0.15, -0.1) is 0 Å². The summed E-state index contributed by atoms with van der Waals surface area (Å²) in [6.45, 7) is 1.54. The number of imidazole rings is 1. The van der Waals surface area contributed by atoms with Crippen molar-refractivity contribution in [3.8, 4) is 0 Å². The molecule has 66 valence electrons. The van der Waals surface area contributed by atoms with Crippen LogP contribution in [0.25, 0.3) is 5.65 Å². The van der Waals surface area contributed by atoms with E-state index >= 15 is 0 Å². The molecule has 13 heavy (non-hydrogen) atoms. The van der Waals surface area contributed by atoms with Crippen LogP contribution >= 0.6 is 22.6 Å². The number of nitrogens with zero attached hydrogens (tertiary/aromatic N) is 2. The number of ketones is 1. The summed E-state index contributed by atoms with van der Waals surface area (Å²) in [5, 5.41) is 0. The number of hydrogen-bond donors (Lipinski definition) is 0. The summed E-state index contributed by atoms with van der Waals surface area (Å²) >= 11 is 2.21. The van der Waals surface area contributed by atoms with E-state index < -0.39 is 0 Å². The molecule has 2 heterocycles. The molecule has 2 aromatic heterocycles. The van der Waals surface area contributed by atoms with Crippen molar-refractivity contribution in [1.82, 2.24) is 9.38 Å². The predicted molar refractivity (Wildman–Crippen MR) is 57.9 cm³/mol. The molecule has 0 bridgehead atoms. The van der Waals surface area contributed by atoms with Crippen molar-refractivity contribution in [3.05, 3.63) is 33.8 Å². The molecule has 4 heteroatoms. The third-order valence-electron chi connectivity index (χ3n) is 1.83. The number of halogens is 1. The van der Waals surface area contributed by atoms with Crippen LogP contribution in [-0.2, 0) is 0 Å². The maximum absolute atomic E-state index is 11.2. The van der Waals surface area contributed by atoms with Gasteiger partial charge in [0.2, 0.25) is 0 Å². The number of hydrogen-bond acceptors (Lipinski definition) is 2. The summed E-state index contributed by atoms with van der Waals surface area (Å²) in [6, 6.07) is 3.86. The van der Waals surface area contributed by atoms with E-state index in [2.05, 4.69) is 27.6 Å². The third kappa shape index (κ3) is 1.46. The molecule has 0 radical (unpaired) electrons. The summed E-state index contributed by atoms with van der Waals surface area (Å²) in [6.07, 6.45) is 3.51. The molecule has 0 unspecified atom stereocenters. The van der Waals surface area contributed by atoms with Crippen molar-refractivity contribution < 1.29 is 4.79 Å². The van der Waals surface area contributed by atoms with E-state index in [1.165, 1.54) is 0 Å². The Bertz CT molecular complexity index is 475. The summed E-state index contributed by atoms with van der Waals surface area (Å²) in [5.41, 5.74) is 1.44. The van der Waals surface area contributed by atoms with Gasteiger partial charge in [-0.2, -0.15) is 0 Å². The van der Waals surface area contributed by atoms with E-state index in [4.69, 9.17) is 0 Å². The van der Waals surface area contributed by atoms with Crippen LogP contribution in [0.5, 0.6) is 0 Å². The lowest BCUT2D eigenvalue weighted by molar-refractivity contribution is 0.101. The summed E-state index contributed by atoms with van der Waals surface area (Å²) in [5.74, 6) is 0.0366. The Morgan fingerprint density at radius 2 is 2.31 bits per heavy atom.